The lowest BCUT2D eigenvalue weighted by Crippen LogP contribution is -3.13. The van der Waals surface area contributed by atoms with Gasteiger partial charge >= 0.3 is 5.97 Å². The van der Waals surface area contributed by atoms with E-state index in [-0.39, 0.29) is 12.1 Å². The molecule has 1 saturated heterocycles. The molecule has 1 aromatic rings. The highest BCUT2D eigenvalue weighted by atomic mass is 16.5. The molecule has 120 valence electrons. The Morgan fingerprint density at radius 3 is 2.55 bits per heavy atom. The van der Waals surface area contributed by atoms with Gasteiger partial charge in [-0.25, -0.2) is 4.79 Å². The largest absolute Gasteiger partial charge is 0.497 e. The second kappa shape index (κ2) is 8.59. The molecule has 0 radical (unpaired) electrons. The summed E-state index contributed by atoms with van der Waals surface area (Å²) in [5.74, 6) is 0.526. The zero-order valence-electron chi connectivity index (χ0n) is 13.5. The number of hydrogen-bond donors (Lipinski definition) is 1. The molecule has 1 fully saturated rings. The number of rotatable bonds is 6. The van der Waals surface area contributed by atoms with E-state index in [0.717, 1.165) is 17.9 Å². The highest BCUT2D eigenvalue weighted by molar-refractivity contribution is 5.87. The molecule has 0 saturated carbocycles. The second-order valence-electron chi connectivity index (χ2n) is 5.87. The first-order valence-electron chi connectivity index (χ1n) is 8.03. The van der Waals surface area contributed by atoms with Crippen molar-refractivity contribution in [2.75, 3.05) is 26.7 Å². The van der Waals surface area contributed by atoms with Gasteiger partial charge in [0.1, 0.15) is 18.4 Å². The molecule has 0 spiro atoms. The van der Waals surface area contributed by atoms with Crippen LogP contribution in [0.3, 0.4) is 0 Å². The first-order valence-corrected chi connectivity index (χ1v) is 8.03. The number of methoxy groups -OCH3 is 1. The van der Waals surface area contributed by atoms with Gasteiger partial charge in [0.2, 0.25) is 0 Å². The number of likely N-dealkylation sites (tertiary alicyclic amines) is 1. The standard InChI is InChI=1S/C18H25NO3/c1-15(14-19-12-4-3-5-13-19)22-18(20)11-8-16-6-9-17(21-2)10-7-16/h6-11,15H,3-5,12-14H2,1-2H3/p+1/b11-8+/t15-/m0/s1. The minimum Gasteiger partial charge on any atom is -0.497 e. The minimum absolute atomic E-state index is 0.0406. The van der Waals surface area contributed by atoms with Crippen LogP contribution in [0.4, 0.5) is 0 Å². The lowest BCUT2D eigenvalue weighted by molar-refractivity contribution is -0.907. The van der Waals surface area contributed by atoms with Crippen LogP contribution in [0.1, 0.15) is 31.7 Å². The number of benzene rings is 1. The zero-order chi connectivity index (χ0) is 15.8. The molecule has 1 aromatic carbocycles. The topological polar surface area (TPSA) is 40.0 Å². The smallest absolute Gasteiger partial charge is 0.331 e. The van der Waals surface area contributed by atoms with Crippen LogP contribution in [-0.4, -0.2) is 38.8 Å². The summed E-state index contributed by atoms with van der Waals surface area (Å²) in [6.45, 7) is 5.27. The Hall–Kier alpha value is -1.81. The molecule has 0 unspecified atom stereocenters. The number of esters is 1. The number of nitrogens with one attached hydrogen (secondary N) is 1. The maximum absolute atomic E-state index is 11.8. The number of ether oxygens (including phenoxy) is 2. The lowest BCUT2D eigenvalue weighted by atomic mass is 10.1. The number of hydrogen-bond acceptors (Lipinski definition) is 3. The van der Waals surface area contributed by atoms with E-state index < -0.39 is 0 Å². The van der Waals surface area contributed by atoms with E-state index in [9.17, 15) is 4.79 Å². The molecule has 1 N–H and O–H groups in total. The Bertz CT molecular complexity index is 490. The van der Waals surface area contributed by atoms with Crippen LogP contribution in [0.15, 0.2) is 30.3 Å². The molecule has 4 nitrogen and oxygen atoms in total. The third-order valence-electron chi connectivity index (χ3n) is 3.98. The van der Waals surface area contributed by atoms with E-state index in [1.54, 1.807) is 18.1 Å². The van der Waals surface area contributed by atoms with E-state index in [2.05, 4.69) is 0 Å². The zero-order valence-corrected chi connectivity index (χ0v) is 13.5. The molecule has 2 rings (SSSR count). The highest BCUT2D eigenvalue weighted by Gasteiger charge is 2.18. The molecular formula is C18H26NO3+. The molecule has 22 heavy (non-hydrogen) atoms. The first-order chi connectivity index (χ1) is 10.7. The fraction of sp³-hybridized carbons (Fsp3) is 0.500. The fourth-order valence-electron chi connectivity index (χ4n) is 2.82. The summed E-state index contributed by atoms with van der Waals surface area (Å²) < 4.78 is 10.5. The van der Waals surface area contributed by atoms with Gasteiger partial charge in [0.25, 0.3) is 0 Å². The van der Waals surface area contributed by atoms with Crippen molar-refractivity contribution in [1.82, 2.24) is 0 Å². The minimum atomic E-state index is -0.278. The van der Waals surface area contributed by atoms with E-state index in [1.165, 1.54) is 38.4 Å². The van der Waals surface area contributed by atoms with Crippen molar-refractivity contribution in [3.63, 3.8) is 0 Å². The molecule has 1 atom stereocenters. The van der Waals surface area contributed by atoms with Gasteiger partial charge in [0, 0.05) is 6.08 Å². The summed E-state index contributed by atoms with van der Waals surface area (Å²) in [5, 5.41) is 0. The maximum atomic E-state index is 11.8. The average molecular weight is 304 g/mol. The average Bonchev–Trinajstić information content (AvgIpc) is 2.54. The van der Waals surface area contributed by atoms with E-state index in [0.29, 0.717) is 0 Å². The molecule has 0 aliphatic carbocycles. The normalized spacial score (nSPS) is 17.4. The molecule has 1 aliphatic heterocycles. The number of piperidine rings is 1. The van der Waals surface area contributed by atoms with Crippen molar-refractivity contribution in [2.45, 2.75) is 32.3 Å². The van der Waals surface area contributed by atoms with Gasteiger partial charge in [-0.2, -0.15) is 0 Å². The molecular weight excluding hydrogens is 278 g/mol. The quantitative estimate of drug-likeness (QED) is 0.642. The Balaban J connectivity index is 1.76. The summed E-state index contributed by atoms with van der Waals surface area (Å²) in [7, 11) is 1.63. The summed E-state index contributed by atoms with van der Waals surface area (Å²) in [6, 6.07) is 7.55. The van der Waals surface area contributed by atoms with Gasteiger partial charge in [-0.15, -0.1) is 0 Å². The molecule has 0 amide bonds. The SMILES string of the molecule is COc1ccc(/C=C/C(=O)O[C@@H](C)C[NH+]2CCCCC2)cc1. The third kappa shape index (κ3) is 5.53. The highest BCUT2D eigenvalue weighted by Crippen LogP contribution is 2.12. The molecule has 0 bridgehead atoms. The van der Waals surface area contributed by atoms with Crippen molar-refractivity contribution in [3.05, 3.63) is 35.9 Å². The summed E-state index contributed by atoms with van der Waals surface area (Å²) in [5.41, 5.74) is 0.951. The van der Waals surface area contributed by atoms with E-state index in [1.807, 2.05) is 31.2 Å². The predicted octanol–water partition coefficient (Wildman–Crippen LogP) is 1.71. The van der Waals surface area contributed by atoms with Gasteiger partial charge in [-0.3, -0.25) is 0 Å². The van der Waals surface area contributed by atoms with Crippen LogP contribution in [-0.2, 0) is 9.53 Å². The van der Waals surface area contributed by atoms with Gasteiger partial charge < -0.3 is 14.4 Å². The number of quaternary nitrogens is 1. The van der Waals surface area contributed by atoms with Gasteiger partial charge in [-0.1, -0.05) is 12.1 Å². The lowest BCUT2D eigenvalue weighted by Gasteiger charge is -2.25. The van der Waals surface area contributed by atoms with Gasteiger partial charge in [-0.05, 0) is 50.0 Å². The van der Waals surface area contributed by atoms with Crippen molar-refractivity contribution in [1.29, 1.82) is 0 Å². The van der Waals surface area contributed by atoms with Crippen LogP contribution in [0.25, 0.3) is 6.08 Å². The molecule has 1 heterocycles. The second-order valence-corrected chi connectivity index (χ2v) is 5.87. The van der Waals surface area contributed by atoms with Crippen molar-refractivity contribution >= 4 is 12.0 Å². The van der Waals surface area contributed by atoms with Crippen LogP contribution in [0.2, 0.25) is 0 Å². The summed E-state index contributed by atoms with van der Waals surface area (Å²) >= 11 is 0. The van der Waals surface area contributed by atoms with E-state index in [4.69, 9.17) is 9.47 Å². The van der Waals surface area contributed by atoms with Crippen LogP contribution < -0.4 is 9.64 Å². The maximum Gasteiger partial charge on any atom is 0.331 e. The van der Waals surface area contributed by atoms with Crippen molar-refractivity contribution in [2.24, 2.45) is 0 Å². The molecule has 0 aromatic heterocycles. The van der Waals surface area contributed by atoms with E-state index >= 15 is 0 Å². The Kier molecular flexibility index (Phi) is 6.46. The van der Waals surface area contributed by atoms with Gasteiger partial charge in [0.15, 0.2) is 0 Å². The van der Waals surface area contributed by atoms with Crippen LogP contribution >= 0.6 is 0 Å². The van der Waals surface area contributed by atoms with Crippen LogP contribution in [0.5, 0.6) is 5.75 Å². The Morgan fingerprint density at radius 1 is 1.23 bits per heavy atom. The summed E-state index contributed by atoms with van der Waals surface area (Å²) in [4.78, 5) is 13.4. The first kappa shape index (κ1) is 16.6. The number of carbonyl (C=O) groups is 1. The summed E-state index contributed by atoms with van der Waals surface area (Å²) in [6.07, 6.45) is 7.12. The molecule has 1 aliphatic rings. The van der Waals surface area contributed by atoms with Crippen molar-refractivity contribution in [3.8, 4) is 5.75 Å². The predicted molar refractivity (Wildman–Crippen MR) is 87.0 cm³/mol. The monoisotopic (exact) mass is 304 g/mol. The Morgan fingerprint density at radius 2 is 1.91 bits per heavy atom. The fourth-order valence-corrected chi connectivity index (χ4v) is 2.82. The van der Waals surface area contributed by atoms with Crippen molar-refractivity contribution < 1.29 is 19.2 Å². The molecule has 4 heteroatoms. The number of carbonyl (C=O) groups excluding carboxylic acids is 1. The van der Waals surface area contributed by atoms with Crippen LogP contribution in [0, 0.1) is 0 Å². The Labute approximate surface area is 132 Å². The van der Waals surface area contributed by atoms with Gasteiger partial charge in [0.05, 0.1) is 20.2 Å². The third-order valence-corrected chi connectivity index (χ3v) is 3.98.